The minimum Gasteiger partial charge on any atom is -0.480 e. The van der Waals surface area contributed by atoms with Gasteiger partial charge in [-0.2, -0.15) is 0 Å². The molecule has 1 amide bonds. The van der Waals surface area contributed by atoms with Crippen molar-refractivity contribution in [1.82, 2.24) is 5.32 Å². The topological polar surface area (TPSA) is 75.6 Å². The summed E-state index contributed by atoms with van der Waals surface area (Å²) in [5, 5.41) is 11.5. The Labute approximate surface area is 114 Å². The van der Waals surface area contributed by atoms with E-state index < -0.39 is 18.1 Å². The van der Waals surface area contributed by atoms with Gasteiger partial charge in [0.05, 0.1) is 0 Å². The van der Waals surface area contributed by atoms with Gasteiger partial charge in [0.2, 0.25) is 0 Å². The molecular formula is C14H23NO4. The molecule has 108 valence electrons. The highest BCUT2D eigenvalue weighted by Gasteiger charge is 2.22. The summed E-state index contributed by atoms with van der Waals surface area (Å²) in [4.78, 5) is 22.4. The van der Waals surface area contributed by atoms with E-state index in [1.54, 1.807) is 0 Å². The first-order valence-corrected chi connectivity index (χ1v) is 6.90. The van der Waals surface area contributed by atoms with E-state index in [1.807, 2.05) is 0 Å². The molecule has 0 heterocycles. The zero-order valence-electron chi connectivity index (χ0n) is 11.3. The minimum absolute atomic E-state index is 0.0841. The maximum Gasteiger partial charge on any atom is 0.408 e. The number of hydrogen-bond donors (Lipinski definition) is 2. The first-order valence-electron chi connectivity index (χ1n) is 6.90. The summed E-state index contributed by atoms with van der Waals surface area (Å²) >= 11 is 0. The number of carbonyl (C=O) groups excluding carboxylic acids is 1. The van der Waals surface area contributed by atoms with Crippen molar-refractivity contribution in [1.29, 1.82) is 0 Å². The van der Waals surface area contributed by atoms with Gasteiger partial charge >= 0.3 is 12.1 Å². The van der Waals surface area contributed by atoms with Crippen LogP contribution < -0.4 is 5.32 Å². The van der Waals surface area contributed by atoms with Crippen molar-refractivity contribution in [3.05, 3.63) is 12.7 Å². The fourth-order valence-electron chi connectivity index (χ4n) is 2.45. The van der Waals surface area contributed by atoms with Gasteiger partial charge in [-0.3, -0.25) is 0 Å². The summed E-state index contributed by atoms with van der Waals surface area (Å²) in [6, 6.07) is -0.862. The van der Waals surface area contributed by atoms with Crippen molar-refractivity contribution in [2.24, 2.45) is 5.92 Å². The van der Waals surface area contributed by atoms with Crippen LogP contribution in [0.1, 0.15) is 44.9 Å². The van der Waals surface area contributed by atoms with Crippen LogP contribution in [0.15, 0.2) is 12.7 Å². The van der Waals surface area contributed by atoms with Crippen molar-refractivity contribution in [2.75, 3.05) is 6.61 Å². The molecule has 1 rings (SSSR count). The summed E-state index contributed by atoms with van der Waals surface area (Å²) < 4.78 is 4.73. The van der Waals surface area contributed by atoms with Crippen LogP contribution >= 0.6 is 0 Å². The highest BCUT2D eigenvalue weighted by atomic mass is 16.5. The van der Waals surface area contributed by atoms with Crippen LogP contribution in [0.2, 0.25) is 0 Å². The molecule has 0 aliphatic heterocycles. The number of amides is 1. The second-order valence-corrected chi connectivity index (χ2v) is 5.00. The molecular weight excluding hydrogens is 246 g/mol. The molecule has 19 heavy (non-hydrogen) atoms. The van der Waals surface area contributed by atoms with Gasteiger partial charge in [-0.05, 0) is 18.8 Å². The van der Waals surface area contributed by atoms with Crippen molar-refractivity contribution in [3.8, 4) is 0 Å². The van der Waals surface area contributed by atoms with E-state index in [2.05, 4.69) is 11.9 Å². The molecule has 0 unspecified atom stereocenters. The van der Waals surface area contributed by atoms with E-state index in [-0.39, 0.29) is 6.61 Å². The Hall–Kier alpha value is -1.52. The average Bonchev–Trinajstić information content (AvgIpc) is 2.42. The Bertz CT molecular complexity index is 311. The van der Waals surface area contributed by atoms with E-state index in [0.717, 1.165) is 6.42 Å². The minimum atomic E-state index is -1.01. The van der Waals surface area contributed by atoms with Crippen LogP contribution in [0, 0.1) is 5.92 Å². The highest BCUT2D eigenvalue weighted by molar-refractivity contribution is 5.79. The Morgan fingerprint density at radius 1 is 1.37 bits per heavy atom. The molecule has 0 radical (unpaired) electrons. The lowest BCUT2D eigenvalue weighted by atomic mass is 9.85. The van der Waals surface area contributed by atoms with Gasteiger partial charge in [-0.1, -0.05) is 44.8 Å². The van der Waals surface area contributed by atoms with E-state index >= 15 is 0 Å². The van der Waals surface area contributed by atoms with E-state index in [9.17, 15) is 9.59 Å². The summed E-state index contributed by atoms with van der Waals surface area (Å²) in [6.07, 6.45) is 8.15. The third-order valence-electron chi connectivity index (χ3n) is 3.51. The van der Waals surface area contributed by atoms with Gasteiger partial charge in [-0.25, -0.2) is 9.59 Å². The highest BCUT2D eigenvalue weighted by Crippen LogP contribution is 2.27. The zero-order valence-corrected chi connectivity index (χ0v) is 11.3. The van der Waals surface area contributed by atoms with Crippen molar-refractivity contribution < 1.29 is 19.4 Å². The van der Waals surface area contributed by atoms with Crippen LogP contribution in [0.3, 0.4) is 0 Å². The Kier molecular flexibility index (Phi) is 7.00. The predicted molar refractivity (Wildman–Crippen MR) is 71.9 cm³/mol. The number of carboxylic acids is 1. The molecule has 2 N–H and O–H groups in total. The Morgan fingerprint density at radius 3 is 2.63 bits per heavy atom. The number of ether oxygens (including phenoxy) is 1. The Morgan fingerprint density at radius 2 is 2.05 bits per heavy atom. The molecule has 1 saturated carbocycles. The molecule has 5 heteroatoms. The van der Waals surface area contributed by atoms with Crippen molar-refractivity contribution in [2.45, 2.75) is 51.0 Å². The van der Waals surface area contributed by atoms with Gasteiger partial charge in [-0.15, -0.1) is 0 Å². The van der Waals surface area contributed by atoms with Gasteiger partial charge in [0, 0.05) is 0 Å². The van der Waals surface area contributed by atoms with Crippen molar-refractivity contribution in [3.63, 3.8) is 0 Å². The lowest BCUT2D eigenvalue weighted by Crippen LogP contribution is -2.41. The molecule has 0 aromatic heterocycles. The zero-order chi connectivity index (χ0) is 14.1. The number of carboxylic acid groups (broad SMARTS) is 1. The van der Waals surface area contributed by atoms with Crippen LogP contribution in [0.25, 0.3) is 0 Å². The largest absolute Gasteiger partial charge is 0.480 e. The number of nitrogens with one attached hydrogen (secondary N) is 1. The van der Waals surface area contributed by atoms with Gasteiger partial charge < -0.3 is 15.2 Å². The number of carbonyl (C=O) groups is 2. The van der Waals surface area contributed by atoms with Crippen molar-refractivity contribution >= 4 is 12.1 Å². The summed E-state index contributed by atoms with van der Waals surface area (Å²) in [6.45, 7) is 3.51. The van der Waals surface area contributed by atoms with Gasteiger partial charge in [0.15, 0.2) is 0 Å². The Balaban J connectivity index is 2.32. The quantitative estimate of drug-likeness (QED) is 0.697. The fraction of sp³-hybridized carbons (Fsp3) is 0.714. The standard InChI is InChI=1S/C14H23NO4/c1-2-10-19-14(18)15-12(13(16)17)9-8-11-6-4-3-5-7-11/h2,11-12H,1,3-10H2,(H,15,18)(H,16,17)/t12-/m1/s1. The molecule has 0 spiro atoms. The van der Waals surface area contributed by atoms with Crippen LogP contribution in [0.4, 0.5) is 4.79 Å². The second-order valence-electron chi connectivity index (χ2n) is 5.00. The lowest BCUT2D eigenvalue weighted by molar-refractivity contribution is -0.139. The molecule has 1 fully saturated rings. The predicted octanol–water partition coefficient (Wildman–Crippen LogP) is 2.71. The number of hydrogen-bond acceptors (Lipinski definition) is 3. The molecule has 0 aromatic carbocycles. The van der Waals surface area contributed by atoms with E-state index in [0.29, 0.717) is 12.3 Å². The molecule has 0 bridgehead atoms. The summed E-state index contributed by atoms with van der Waals surface area (Å²) in [5.74, 6) is -0.409. The molecule has 1 aliphatic carbocycles. The number of aliphatic carboxylic acids is 1. The normalized spacial score (nSPS) is 17.5. The lowest BCUT2D eigenvalue weighted by Gasteiger charge is -2.23. The molecule has 1 aliphatic rings. The fourth-order valence-corrected chi connectivity index (χ4v) is 2.45. The van der Waals surface area contributed by atoms with Crippen LogP contribution in [-0.2, 0) is 9.53 Å². The third-order valence-corrected chi connectivity index (χ3v) is 3.51. The third kappa shape index (κ3) is 6.27. The number of alkyl carbamates (subject to hydrolysis) is 1. The first-order chi connectivity index (χ1) is 9.13. The van der Waals surface area contributed by atoms with Crippen LogP contribution in [-0.4, -0.2) is 29.8 Å². The molecule has 5 nitrogen and oxygen atoms in total. The summed E-state index contributed by atoms with van der Waals surface area (Å²) in [5.41, 5.74) is 0. The van der Waals surface area contributed by atoms with E-state index in [4.69, 9.17) is 9.84 Å². The van der Waals surface area contributed by atoms with Gasteiger partial charge in [0.25, 0.3) is 0 Å². The first kappa shape index (κ1) is 15.5. The van der Waals surface area contributed by atoms with E-state index in [1.165, 1.54) is 38.2 Å². The smallest absolute Gasteiger partial charge is 0.408 e. The number of rotatable bonds is 7. The maximum atomic E-state index is 11.3. The maximum absolute atomic E-state index is 11.3. The average molecular weight is 269 g/mol. The second kappa shape index (κ2) is 8.56. The van der Waals surface area contributed by atoms with Gasteiger partial charge in [0.1, 0.15) is 12.6 Å². The molecule has 1 atom stereocenters. The van der Waals surface area contributed by atoms with Crippen LogP contribution in [0.5, 0.6) is 0 Å². The molecule has 0 saturated heterocycles. The molecule has 0 aromatic rings. The summed E-state index contributed by atoms with van der Waals surface area (Å²) in [7, 11) is 0. The SMILES string of the molecule is C=CCOC(=O)N[C@H](CCC1CCCCC1)C(=O)O. The monoisotopic (exact) mass is 269 g/mol.